The van der Waals surface area contributed by atoms with E-state index >= 15 is 0 Å². The maximum absolute atomic E-state index is 12.7. The second-order valence-electron chi connectivity index (χ2n) is 5.50. The van der Waals surface area contributed by atoms with E-state index in [4.69, 9.17) is 0 Å². The maximum Gasteiger partial charge on any atom is 0.573 e. The zero-order valence-corrected chi connectivity index (χ0v) is 13.7. The van der Waals surface area contributed by atoms with Crippen LogP contribution in [0.25, 0.3) is 16.9 Å². The molecule has 136 valence electrons. The van der Waals surface area contributed by atoms with Gasteiger partial charge in [0, 0.05) is 6.20 Å². The fourth-order valence-corrected chi connectivity index (χ4v) is 2.66. The molecule has 0 aliphatic heterocycles. The topological polar surface area (TPSA) is 64.9 Å². The standard InChI is InChI=1S/C18H12F3N5O/c19-18(20,21)27-15-8-4-2-6-13(15)25-17-24-12-5-1-3-7-14(12)26(17)16-9-10-22-11-23-16/h1-11H,(H,24,25). The number of aromatic nitrogens is 4. The van der Waals surface area contributed by atoms with E-state index in [0.717, 1.165) is 5.52 Å². The van der Waals surface area contributed by atoms with Crippen LogP contribution in [0.15, 0.2) is 67.1 Å². The minimum Gasteiger partial charge on any atom is -0.404 e. The van der Waals surface area contributed by atoms with Gasteiger partial charge in [0.15, 0.2) is 5.75 Å². The van der Waals surface area contributed by atoms with Crippen molar-refractivity contribution in [3.05, 3.63) is 67.1 Å². The third-order valence-corrected chi connectivity index (χ3v) is 3.72. The molecule has 0 amide bonds. The molecule has 2 heterocycles. The van der Waals surface area contributed by atoms with Gasteiger partial charge in [-0.1, -0.05) is 24.3 Å². The minimum atomic E-state index is -4.80. The average molecular weight is 371 g/mol. The molecule has 0 aliphatic rings. The smallest absolute Gasteiger partial charge is 0.404 e. The number of nitrogens with one attached hydrogen (secondary N) is 1. The Balaban J connectivity index is 1.82. The van der Waals surface area contributed by atoms with E-state index in [9.17, 15) is 13.2 Å². The lowest BCUT2D eigenvalue weighted by molar-refractivity contribution is -0.274. The molecule has 0 bridgehead atoms. The number of benzene rings is 2. The van der Waals surface area contributed by atoms with Gasteiger partial charge in [0.25, 0.3) is 0 Å². The molecule has 0 aliphatic carbocycles. The van der Waals surface area contributed by atoms with Crippen LogP contribution in [-0.4, -0.2) is 25.9 Å². The average Bonchev–Trinajstić information content (AvgIpc) is 3.01. The highest BCUT2D eigenvalue weighted by Gasteiger charge is 2.32. The molecule has 0 saturated carbocycles. The Hall–Kier alpha value is -3.62. The molecule has 4 aromatic rings. The summed E-state index contributed by atoms with van der Waals surface area (Å²) in [5.74, 6) is 0.467. The van der Waals surface area contributed by atoms with E-state index in [1.807, 2.05) is 18.2 Å². The van der Waals surface area contributed by atoms with Crippen molar-refractivity contribution in [2.24, 2.45) is 0 Å². The Bertz CT molecular complexity index is 1080. The Morgan fingerprint density at radius 2 is 1.74 bits per heavy atom. The van der Waals surface area contributed by atoms with Gasteiger partial charge in [0.1, 0.15) is 12.1 Å². The molecular formula is C18H12F3N5O. The van der Waals surface area contributed by atoms with Crippen molar-refractivity contribution in [3.63, 3.8) is 0 Å². The molecule has 6 nitrogen and oxygen atoms in total. The van der Waals surface area contributed by atoms with Crippen LogP contribution in [0, 0.1) is 0 Å². The van der Waals surface area contributed by atoms with Crippen LogP contribution in [0.3, 0.4) is 0 Å². The molecular weight excluding hydrogens is 359 g/mol. The number of halogens is 3. The summed E-state index contributed by atoms with van der Waals surface area (Å²) >= 11 is 0. The number of para-hydroxylation sites is 4. The quantitative estimate of drug-likeness (QED) is 0.574. The van der Waals surface area contributed by atoms with E-state index in [1.165, 1.54) is 24.5 Å². The first-order valence-corrected chi connectivity index (χ1v) is 7.87. The van der Waals surface area contributed by atoms with E-state index in [0.29, 0.717) is 17.3 Å². The molecule has 0 fully saturated rings. The highest BCUT2D eigenvalue weighted by molar-refractivity contribution is 5.82. The number of hydrogen-bond acceptors (Lipinski definition) is 5. The summed E-state index contributed by atoms with van der Waals surface area (Å²) < 4.78 is 43.8. The summed E-state index contributed by atoms with van der Waals surface area (Å²) in [6, 6.07) is 14.7. The first-order valence-electron chi connectivity index (χ1n) is 7.87. The van der Waals surface area contributed by atoms with Gasteiger partial charge in [-0.05, 0) is 30.3 Å². The van der Waals surface area contributed by atoms with Crippen molar-refractivity contribution in [3.8, 4) is 11.6 Å². The van der Waals surface area contributed by atoms with E-state index in [-0.39, 0.29) is 11.4 Å². The van der Waals surface area contributed by atoms with Gasteiger partial charge in [0.2, 0.25) is 5.95 Å². The Morgan fingerprint density at radius 3 is 2.52 bits per heavy atom. The fourth-order valence-electron chi connectivity index (χ4n) is 2.66. The van der Waals surface area contributed by atoms with E-state index < -0.39 is 6.36 Å². The third-order valence-electron chi connectivity index (χ3n) is 3.72. The molecule has 4 rings (SSSR count). The monoisotopic (exact) mass is 371 g/mol. The first kappa shape index (κ1) is 16.8. The Morgan fingerprint density at radius 1 is 0.963 bits per heavy atom. The maximum atomic E-state index is 12.7. The van der Waals surface area contributed by atoms with Crippen LogP contribution in [0.2, 0.25) is 0 Å². The number of ether oxygens (including phenoxy) is 1. The Kier molecular flexibility index (Phi) is 4.11. The number of anilines is 2. The van der Waals surface area contributed by atoms with Gasteiger partial charge in [-0.15, -0.1) is 13.2 Å². The number of nitrogens with zero attached hydrogens (tertiary/aromatic N) is 4. The normalized spacial score (nSPS) is 11.5. The zero-order chi connectivity index (χ0) is 18.9. The molecule has 0 atom stereocenters. The van der Waals surface area contributed by atoms with Crippen LogP contribution in [0.1, 0.15) is 0 Å². The summed E-state index contributed by atoms with van der Waals surface area (Å²) in [5, 5.41) is 2.92. The molecule has 0 spiro atoms. The van der Waals surface area contributed by atoms with Gasteiger partial charge in [0.05, 0.1) is 16.7 Å². The van der Waals surface area contributed by atoms with E-state index in [2.05, 4.69) is 25.0 Å². The lowest BCUT2D eigenvalue weighted by atomic mass is 10.3. The summed E-state index contributed by atoms with van der Waals surface area (Å²) in [6.45, 7) is 0. The SMILES string of the molecule is FC(F)(F)Oc1ccccc1Nc1nc2ccccc2n1-c1ccncn1. The first-order chi connectivity index (χ1) is 13.0. The summed E-state index contributed by atoms with van der Waals surface area (Å²) in [5.41, 5.74) is 1.53. The molecule has 0 unspecified atom stereocenters. The van der Waals surface area contributed by atoms with Gasteiger partial charge in [-0.2, -0.15) is 0 Å². The summed E-state index contributed by atoms with van der Waals surface area (Å²) in [4.78, 5) is 12.6. The van der Waals surface area contributed by atoms with Gasteiger partial charge in [-0.25, -0.2) is 15.0 Å². The van der Waals surface area contributed by atoms with Crippen LogP contribution in [0.4, 0.5) is 24.8 Å². The molecule has 1 N–H and O–H groups in total. The van der Waals surface area contributed by atoms with Crippen LogP contribution >= 0.6 is 0 Å². The molecule has 2 aromatic carbocycles. The van der Waals surface area contributed by atoms with Crippen LogP contribution in [-0.2, 0) is 0 Å². The second kappa shape index (κ2) is 6.60. The molecule has 27 heavy (non-hydrogen) atoms. The number of rotatable bonds is 4. The lowest BCUT2D eigenvalue weighted by Crippen LogP contribution is -2.18. The predicted octanol–water partition coefficient (Wildman–Crippen LogP) is 4.46. The van der Waals surface area contributed by atoms with Crippen molar-refractivity contribution < 1.29 is 17.9 Å². The van der Waals surface area contributed by atoms with Gasteiger partial charge >= 0.3 is 6.36 Å². The minimum absolute atomic E-state index is 0.125. The van der Waals surface area contributed by atoms with Crippen molar-refractivity contribution >= 4 is 22.7 Å². The molecule has 0 radical (unpaired) electrons. The van der Waals surface area contributed by atoms with Crippen molar-refractivity contribution in [2.75, 3.05) is 5.32 Å². The fraction of sp³-hybridized carbons (Fsp3) is 0.0556. The highest BCUT2D eigenvalue weighted by atomic mass is 19.4. The Labute approximate surface area is 151 Å². The summed E-state index contributed by atoms with van der Waals surface area (Å²) in [7, 11) is 0. The number of hydrogen-bond donors (Lipinski definition) is 1. The third kappa shape index (κ3) is 3.52. The zero-order valence-electron chi connectivity index (χ0n) is 13.7. The largest absolute Gasteiger partial charge is 0.573 e. The number of alkyl halides is 3. The van der Waals surface area contributed by atoms with Crippen LogP contribution in [0.5, 0.6) is 5.75 Å². The predicted molar refractivity (Wildman–Crippen MR) is 93.1 cm³/mol. The summed E-state index contributed by atoms with van der Waals surface area (Å²) in [6.07, 6.45) is -1.85. The molecule has 0 saturated heterocycles. The van der Waals surface area contributed by atoms with Crippen molar-refractivity contribution in [1.82, 2.24) is 19.5 Å². The van der Waals surface area contributed by atoms with Gasteiger partial charge < -0.3 is 10.1 Å². The van der Waals surface area contributed by atoms with E-state index in [1.54, 1.807) is 29.0 Å². The molecule has 2 aromatic heterocycles. The van der Waals surface area contributed by atoms with Crippen molar-refractivity contribution in [2.45, 2.75) is 6.36 Å². The lowest BCUT2D eigenvalue weighted by Gasteiger charge is -2.15. The van der Waals surface area contributed by atoms with Crippen molar-refractivity contribution in [1.29, 1.82) is 0 Å². The number of fused-ring (bicyclic) bond motifs is 1. The van der Waals surface area contributed by atoms with Gasteiger partial charge in [-0.3, -0.25) is 4.57 Å². The molecule has 9 heteroatoms. The number of imidazole rings is 1. The van der Waals surface area contributed by atoms with Crippen LogP contribution < -0.4 is 10.1 Å². The highest BCUT2D eigenvalue weighted by Crippen LogP contribution is 2.33. The second-order valence-corrected chi connectivity index (χ2v) is 5.50.